The van der Waals surface area contributed by atoms with E-state index < -0.39 is 11.3 Å². The first kappa shape index (κ1) is 9.02. The largest absolute Gasteiger partial charge is 0.396 e. The maximum Gasteiger partial charge on any atom is 0.392 e. The zero-order valence-corrected chi connectivity index (χ0v) is 5.14. The maximum atomic E-state index is 10.2. The van der Waals surface area contributed by atoms with E-state index in [1.807, 2.05) is 0 Å². The van der Waals surface area contributed by atoms with Crippen LogP contribution in [-0.2, 0) is 0 Å². The Morgan fingerprint density at radius 2 is 2.20 bits per heavy atom. The van der Waals surface area contributed by atoms with Crippen LogP contribution < -0.4 is 0 Å². The summed E-state index contributed by atoms with van der Waals surface area (Å²) in [6.07, 6.45) is 1.29. The molecule has 0 aromatic heterocycles. The van der Waals surface area contributed by atoms with E-state index in [0.717, 1.165) is 6.21 Å². The van der Waals surface area contributed by atoms with Crippen molar-refractivity contribution in [3.05, 3.63) is 0 Å². The molecule has 0 aromatic rings. The number of hydrogen-bond donors (Lipinski definition) is 3. The third-order valence-corrected chi connectivity index (χ3v) is 0.631. The number of aliphatic hydroxyl groups is 1. The van der Waals surface area contributed by atoms with E-state index in [9.17, 15) is 4.79 Å². The van der Waals surface area contributed by atoms with Crippen LogP contribution >= 0.6 is 0 Å². The number of carbonyl (C=O) groups is 1. The van der Waals surface area contributed by atoms with Gasteiger partial charge in [-0.2, -0.15) is 0 Å². The first-order valence-electron chi connectivity index (χ1n) is 2.53. The molecule has 0 fully saturated rings. The van der Waals surface area contributed by atoms with Crippen molar-refractivity contribution < 1.29 is 20.3 Å². The highest BCUT2D eigenvalue weighted by Crippen LogP contribution is 1.81. The highest BCUT2D eigenvalue weighted by Gasteiger charge is 2.01. The SMILES string of the molecule is O=C(N=CCCO)N(O)O. The van der Waals surface area contributed by atoms with Gasteiger partial charge < -0.3 is 5.11 Å². The van der Waals surface area contributed by atoms with E-state index in [1.165, 1.54) is 0 Å². The van der Waals surface area contributed by atoms with E-state index in [4.69, 9.17) is 15.5 Å². The molecule has 58 valence electrons. The van der Waals surface area contributed by atoms with Crippen molar-refractivity contribution in [3.8, 4) is 0 Å². The van der Waals surface area contributed by atoms with Crippen LogP contribution in [0.25, 0.3) is 0 Å². The van der Waals surface area contributed by atoms with Crippen LogP contribution in [-0.4, -0.2) is 39.6 Å². The Hall–Kier alpha value is -0.980. The lowest BCUT2D eigenvalue weighted by atomic mass is 10.5. The topological polar surface area (TPSA) is 93.4 Å². The summed E-state index contributed by atoms with van der Waals surface area (Å²) in [6, 6.07) is -1.19. The smallest absolute Gasteiger partial charge is 0.392 e. The van der Waals surface area contributed by atoms with Crippen molar-refractivity contribution in [1.29, 1.82) is 0 Å². The molecule has 0 saturated heterocycles. The van der Waals surface area contributed by atoms with Gasteiger partial charge in [-0.3, -0.25) is 10.4 Å². The van der Waals surface area contributed by atoms with Crippen molar-refractivity contribution in [2.24, 2.45) is 4.99 Å². The summed E-state index contributed by atoms with van der Waals surface area (Å²) in [5, 5.41) is 23.5. The van der Waals surface area contributed by atoms with E-state index in [1.54, 1.807) is 0 Å². The Morgan fingerprint density at radius 3 is 2.60 bits per heavy atom. The summed E-state index contributed by atoms with van der Waals surface area (Å²) in [4.78, 5) is 13.2. The Kier molecular flexibility index (Phi) is 4.38. The van der Waals surface area contributed by atoms with Gasteiger partial charge in [-0.1, -0.05) is 5.23 Å². The predicted octanol–water partition coefficient (Wildman–Crippen LogP) is -0.360. The van der Waals surface area contributed by atoms with Crippen molar-refractivity contribution in [3.63, 3.8) is 0 Å². The first-order valence-corrected chi connectivity index (χ1v) is 2.53. The number of aliphatic hydroxyl groups excluding tert-OH is 1. The molecule has 0 aliphatic carbocycles. The summed E-state index contributed by atoms with van der Waals surface area (Å²) in [5.41, 5.74) is 0. The minimum Gasteiger partial charge on any atom is -0.396 e. The molecular formula is C4H8N2O4. The molecule has 6 heteroatoms. The maximum absolute atomic E-state index is 10.2. The lowest BCUT2D eigenvalue weighted by molar-refractivity contribution is -0.256. The zero-order chi connectivity index (χ0) is 7.98. The fraction of sp³-hybridized carbons (Fsp3) is 0.500. The summed E-state index contributed by atoms with van der Waals surface area (Å²) in [5.74, 6) is 0. The molecule has 0 radical (unpaired) electrons. The second-order valence-corrected chi connectivity index (χ2v) is 1.40. The van der Waals surface area contributed by atoms with Crippen molar-refractivity contribution in [2.75, 3.05) is 6.61 Å². The number of hydrogen-bond acceptors (Lipinski definition) is 4. The van der Waals surface area contributed by atoms with Gasteiger partial charge in [0, 0.05) is 19.2 Å². The summed E-state index contributed by atoms with van der Waals surface area (Å²) >= 11 is 0. The van der Waals surface area contributed by atoms with Gasteiger partial charge in [-0.15, -0.1) is 0 Å². The fourth-order valence-electron chi connectivity index (χ4n) is 0.252. The molecule has 0 unspecified atom stereocenters. The average Bonchev–Trinajstić information content (AvgIpc) is 1.88. The summed E-state index contributed by atoms with van der Waals surface area (Å²) in [7, 11) is 0. The van der Waals surface area contributed by atoms with Gasteiger partial charge in [0.15, 0.2) is 0 Å². The molecular weight excluding hydrogens is 140 g/mol. The molecule has 0 aliphatic rings. The normalized spacial score (nSPS) is 10.3. The monoisotopic (exact) mass is 148 g/mol. The van der Waals surface area contributed by atoms with Crippen LogP contribution in [0.5, 0.6) is 0 Å². The number of carbonyl (C=O) groups excluding carboxylic acids is 1. The predicted molar refractivity (Wildman–Crippen MR) is 31.0 cm³/mol. The van der Waals surface area contributed by atoms with Gasteiger partial charge in [-0.25, -0.2) is 9.79 Å². The Morgan fingerprint density at radius 1 is 1.60 bits per heavy atom. The standard InChI is InChI=1S/C4H8N2O4/c7-3-1-2-5-4(8)6(9)10/h2,7,9-10H,1,3H2. The number of aliphatic imine (C=N–C) groups is 1. The highest BCUT2D eigenvalue weighted by atomic mass is 16.8. The number of hydroxylamine groups is 2. The van der Waals surface area contributed by atoms with Gasteiger partial charge in [-0.05, 0) is 0 Å². The molecule has 0 aliphatic heterocycles. The molecule has 0 saturated carbocycles. The van der Waals surface area contributed by atoms with E-state index in [-0.39, 0.29) is 13.0 Å². The highest BCUT2D eigenvalue weighted by molar-refractivity contribution is 5.81. The lowest BCUT2D eigenvalue weighted by Crippen LogP contribution is -2.19. The molecule has 3 N–H and O–H groups in total. The number of nitrogens with zero attached hydrogens (tertiary/aromatic N) is 2. The van der Waals surface area contributed by atoms with E-state index >= 15 is 0 Å². The van der Waals surface area contributed by atoms with Crippen LogP contribution in [0.15, 0.2) is 4.99 Å². The molecule has 0 rings (SSSR count). The molecule has 2 amide bonds. The molecule has 0 atom stereocenters. The molecule has 0 spiro atoms. The third-order valence-electron chi connectivity index (χ3n) is 0.631. The van der Waals surface area contributed by atoms with Crippen LogP contribution in [0.4, 0.5) is 4.79 Å². The van der Waals surface area contributed by atoms with Crippen molar-refractivity contribution in [2.45, 2.75) is 6.42 Å². The van der Waals surface area contributed by atoms with Gasteiger partial charge in [0.05, 0.1) is 0 Å². The van der Waals surface area contributed by atoms with Gasteiger partial charge in [0.1, 0.15) is 0 Å². The van der Waals surface area contributed by atoms with Crippen molar-refractivity contribution in [1.82, 2.24) is 5.23 Å². The number of urea groups is 1. The Bertz CT molecular complexity index is 133. The van der Waals surface area contributed by atoms with Gasteiger partial charge >= 0.3 is 6.03 Å². The number of amides is 2. The summed E-state index contributed by atoms with van der Waals surface area (Å²) < 4.78 is 0. The first-order chi connectivity index (χ1) is 4.68. The zero-order valence-electron chi connectivity index (χ0n) is 5.14. The fourth-order valence-corrected chi connectivity index (χ4v) is 0.252. The molecule has 10 heavy (non-hydrogen) atoms. The van der Waals surface area contributed by atoms with E-state index in [2.05, 4.69) is 4.99 Å². The minimum absolute atomic E-state index is 0.131. The second kappa shape index (κ2) is 4.86. The van der Waals surface area contributed by atoms with Crippen LogP contribution in [0, 0.1) is 0 Å². The Labute approximate surface area is 56.9 Å². The minimum atomic E-state index is -1.19. The Balaban J connectivity index is 3.56. The molecule has 0 bridgehead atoms. The summed E-state index contributed by atoms with van der Waals surface area (Å²) in [6.45, 7) is -0.131. The van der Waals surface area contributed by atoms with Gasteiger partial charge in [0.25, 0.3) is 0 Å². The quantitative estimate of drug-likeness (QED) is 0.283. The lowest BCUT2D eigenvalue weighted by Gasteiger charge is -1.98. The van der Waals surface area contributed by atoms with Crippen molar-refractivity contribution >= 4 is 12.2 Å². The van der Waals surface area contributed by atoms with Crippen LogP contribution in [0.2, 0.25) is 0 Å². The second-order valence-electron chi connectivity index (χ2n) is 1.40. The van der Waals surface area contributed by atoms with E-state index in [0.29, 0.717) is 0 Å². The van der Waals surface area contributed by atoms with Crippen LogP contribution in [0.1, 0.15) is 6.42 Å². The molecule has 6 nitrogen and oxygen atoms in total. The molecule has 0 heterocycles. The number of rotatable bonds is 2. The third kappa shape index (κ3) is 3.96. The average molecular weight is 148 g/mol. The van der Waals surface area contributed by atoms with Gasteiger partial charge in [0.2, 0.25) is 0 Å². The van der Waals surface area contributed by atoms with Crippen LogP contribution in [0.3, 0.4) is 0 Å². The molecule has 0 aromatic carbocycles.